The molecule has 2 saturated carbocycles. The number of carbonyl (C=O) groups is 3. The second-order valence-corrected chi connectivity index (χ2v) is 10.9. The monoisotopic (exact) mass is 557 g/mol. The van der Waals surface area contributed by atoms with Gasteiger partial charge < -0.3 is 14.2 Å². The summed E-state index contributed by atoms with van der Waals surface area (Å²) in [4.78, 5) is 41.1. The predicted octanol–water partition coefficient (Wildman–Crippen LogP) is 4.97. The quantitative estimate of drug-likeness (QED) is 0.202. The lowest BCUT2D eigenvalue weighted by atomic mass is 9.46. The van der Waals surface area contributed by atoms with E-state index in [-0.39, 0.29) is 41.1 Å². The number of cyclic esters (lactones) is 1. The summed E-state index contributed by atoms with van der Waals surface area (Å²) in [6, 6.07) is 3.38. The molecule has 5 atom stereocenters. The van der Waals surface area contributed by atoms with Gasteiger partial charge in [-0.3, -0.25) is 9.78 Å². The number of pyridine rings is 1. The van der Waals surface area contributed by atoms with Gasteiger partial charge in [0.1, 0.15) is 24.6 Å². The van der Waals surface area contributed by atoms with E-state index < -0.39 is 17.5 Å². The van der Waals surface area contributed by atoms with Crippen molar-refractivity contribution in [1.29, 1.82) is 0 Å². The number of aromatic nitrogens is 1. The summed E-state index contributed by atoms with van der Waals surface area (Å²) in [5.41, 5.74) is 1.23. The van der Waals surface area contributed by atoms with Crippen LogP contribution in [-0.2, 0) is 23.8 Å². The van der Waals surface area contributed by atoms with Crippen LogP contribution in [0.4, 0.5) is 0 Å². The highest BCUT2D eigenvalue weighted by Gasteiger charge is 2.59. The molecule has 1 aromatic rings. The molecule has 0 N–H and O–H groups in total. The molecule has 192 valence electrons. The molecule has 0 bridgehead atoms. The maximum atomic E-state index is 13.0. The van der Waals surface area contributed by atoms with Gasteiger partial charge in [-0.25, -0.2) is 9.59 Å². The number of esters is 3. The van der Waals surface area contributed by atoms with E-state index in [0.717, 1.165) is 24.8 Å². The highest BCUT2D eigenvalue weighted by molar-refractivity contribution is 9.09. The Morgan fingerprint density at radius 3 is 2.81 bits per heavy atom. The summed E-state index contributed by atoms with van der Waals surface area (Å²) in [5.74, 6) is -1.00. The van der Waals surface area contributed by atoms with E-state index in [1.165, 1.54) is 6.20 Å². The van der Waals surface area contributed by atoms with Gasteiger partial charge >= 0.3 is 17.9 Å². The lowest BCUT2D eigenvalue weighted by molar-refractivity contribution is -0.170. The van der Waals surface area contributed by atoms with Gasteiger partial charge in [-0.05, 0) is 55.2 Å². The number of ether oxygens (including phenoxy) is 3. The van der Waals surface area contributed by atoms with Crippen molar-refractivity contribution in [1.82, 2.24) is 4.98 Å². The molecule has 0 unspecified atom stereocenters. The van der Waals surface area contributed by atoms with Crippen LogP contribution in [0.1, 0.15) is 49.9 Å². The topological polar surface area (TPSA) is 91.8 Å². The van der Waals surface area contributed by atoms with Crippen LogP contribution >= 0.6 is 15.9 Å². The van der Waals surface area contributed by atoms with Gasteiger partial charge in [-0.1, -0.05) is 54.1 Å². The van der Waals surface area contributed by atoms with E-state index in [0.29, 0.717) is 24.2 Å². The zero-order valence-electron chi connectivity index (χ0n) is 20.7. The summed E-state index contributed by atoms with van der Waals surface area (Å²) in [7, 11) is 0. The Morgan fingerprint density at radius 2 is 2.14 bits per heavy atom. The first-order chi connectivity index (χ1) is 17.2. The number of allylic oxidation sites excluding steroid dienone is 2. The third-order valence-electron chi connectivity index (χ3n) is 8.20. The molecule has 2 heterocycles. The number of hydrogen-bond donors (Lipinski definition) is 0. The Labute approximate surface area is 220 Å². The summed E-state index contributed by atoms with van der Waals surface area (Å²) < 4.78 is 16.8. The second-order valence-electron chi connectivity index (χ2n) is 10.3. The first-order valence-corrected chi connectivity index (χ1v) is 13.4. The lowest BCUT2D eigenvalue weighted by Crippen LogP contribution is -2.58. The van der Waals surface area contributed by atoms with E-state index in [9.17, 15) is 14.4 Å². The molecule has 1 aromatic heterocycles. The number of fused-ring (bicyclic) bond motifs is 1. The molecule has 1 aliphatic heterocycles. The van der Waals surface area contributed by atoms with Crippen LogP contribution in [-0.4, -0.2) is 47.5 Å². The highest BCUT2D eigenvalue weighted by atomic mass is 79.9. The maximum Gasteiger partial charge on any atom is 0.339 e. The Kier molecular flexibility index (Phi) is 7.83. The molecule has 36 heavy (non-hydrogen) atoms. The third-order valence-corrected chi connectivity index (χ3v) is 8.66. The molecule has 3 aliphatic rings. The molecule has 0 aromatic carbocycles. The minimum Gasteiger partial charge on any atom is -0.464 e. The zero-order valence-corrected chi connectivity index (χ0v) is 22.3. The van der Waals surface area contributed by atoms with Gasteiger partial charge in [0.25, 0.3) is 0 Å². The third kappa shape index (κ3) is 5.05. The van der Waals surface area contributed by atoms with E-state index in [4.69, 9.17) is 14.2 Å². The molecule has 2 fully saturated rings. The minimum absolute atomic E-state index is 0.0201. The fourth-order valence-corrected chi connectivity index (χ4v) is 6.48. The van der Waals surface area contributed by atoms with Gasteiger partial charge in [0.05, 0.1) is 11.1 Å². The van der Waals surface area contributed by atoms with E-state index in [1.54, 1.807) is 24.4 Å². The number of hydrogen-bond acceptors (Lipinski definition) is 7. The van der Waals surface area contributed by atoms with Crippen molar-refractivity contribution >= 4 is 33.8 Å². The van der Waals surface area contributed by atoms with Crippen molar-refractivity contribution in [2.45, 2.75) is 45.6 Å². The van der Waals surface area contributed by atoms with Crippen molar-refractivity contribution < 1.29 is 28.6 Å². The van der Waals surface area contributed by atoms with Crippen LogP contribution in [0.15, 0.2) is 60.5 Å². The molecular formula is C28H32BrNO6. The van der Waals surface area contributed by atoms with Crippen molar-refractivity contribution in [3.8, 4) is 0 Å². The number of rotatable bonds is 7. The first kappa shape index (κ1) is 26.3. The number of carbonyl (C=O) groups excluding carboxylic acids is 3. The SMILES string of the molecule is C=C1CC[C@@H]2[C@](C)(COC(=O)CBr)[C@H](OC(=O)c3cccnc3)CC[C@@]2(C)[C@@H]1/C=C/C1=CCOC1=O. The van der Waals surface area contributed by atoms with Crippen molar-refractivity contribution in [3.05, 3.63) is 66.0 Å². The summed E-state index contributed by atoms with van der Waals surface area (Å²) in [5, 5.41) is 0.0958. The largest absolute Gasteiger partial charge is 0.464 e. The van der Waals surface area contributed by atoms with Gasteiger partial charge in [0.15, 0.2) is 0 Å². The molecule has 0 spiro atoms. The van der Waals surface area contributed by atoms with Crippen LogP contribution in [0, 0.1) is 22.7 Å². The average Bonchev–Trinajstić information content (AvgIpc) is 3.29. The fourth-order valence-electron chi connectivity index (χ4n) is 6.32. The van der Waals surface area contributed by atoms with E-state index in [1.807, 2.05) is 6.08 Å². The zero-order chi connectivity index (χ0) is 25.9. The maximum absolute atomic E-state index is 13.0. The standard InChI is InChI=1S/C28H32BrNO6/c1-18-6-9-22-27(2,21(18)8-7-19-11-14-34-25(19)32)12-10-23(28(22,3)17-35-24(31)15-29)36-26(33)20-5-4-13-30-16-20/h4-5,7-8,11,13,16,21-23H,1,6,9-10,12,14-15,17H2,2-3H3/b8-7+/t21-,22+,23-,27+,28+/m1/s1. The van der Waals surface area contributed by atoms with Crippen LogP contribution in [0.25, 0.3) is 0 Å². The van der Waals surface area contributed by atoms with Crippen LogP contribution in [0.3, 0.4) is 0 Å². The molecule has 0 amide bonds. The molecule has 2 aliphatic carbocycles. The number of alkyl halides is 1. The first-order valence-electron chi connectivity index (χ1n) is 12.2. The van der Waals surface area contributed by atoms with Crippen LogP contribution in [0.5, 0.6) is 0 Å². The molecule has 0 saturated heterocycles. The van der Waals surface area contributed by atoms with Gasteiger partial charge in [-0.15, -0.1) is 0 Å². The normalized spacial score (nSPS) is 32.0. The Balaban J connectivity index is 1.64. The van der Waals surface area contributed by atoms with Gasteiger partial charge in [0.2, 0.25) is 0 Å². The Hall–Kier alpha value is -2.74. The van der Waals surface area contributed by atoms with Gasteiger partial charge in [0, 0.05) is 23.7 Å². The Morgan fingerprint density at radius 1 is 1.33 bits per heavy atom. The number of halogens is 1. The number of nitrogens with zero attached hydrogens (tertiary/aromatic N) is 1. The minimum atomic E-state index is -0.610. The fraction of sp³-hybridized carbons (Fsp3) is 0.500. The lowest BCUT2D eigenvalue weighted by Gasteiger charge is -2.59. The summed E-state index contributed by atoms with van der Waals surface area (Å²) in [6.45, 7) is 9.10. The predicted molar refractivity (Wildman–Crippen MR) is 137 cm³/mol. The van der Waals surface area contributed by atoms with Crippen molar-refractivity contribution in [3.63, 3.8) is 0 Å². The second kappa shape index (κ2) is 10.7. The molecule has 0 radical (unpaired) electrons. The smallest absolute Gasteiger partial charge is 0.339 e. The molecule has 8 heteroatoms. The highest BCUT2D eigenvalue weighted by Crippen LogP contribution is 2.62. The van der Waals surface area contributed by atoms with Crippen molar-refractivity contribution in [2.75, 3.05) is 18.5 Å². The van der Waals surface area contributed by atoms with Crippen LogP contribution < -0.4 is 0 Å². The van der Waals surface area contributed by atoms with Gasteiger partial charge in [-0.2, -0.15) is 0 Å². The summed E-state index contributed by atoms with van der Waals surface area (Å²) in [6.07, 6.45) is 11.4. The molecule has 7 nitrogen and oxygen atoms in total. The molecule has 4 rings (SSSR count). The Bertz CT molecular complexity index is 1100. The molecular weight excluding hydrogens is 526 g/mol. The van der Waals surface area contributed by atoms with E-state index in [2.05, 4.69) is 47.4 Å². The average molecular weight is 558 g/mol. The van der Waals surface area contributed by atoms with E-state index >= 15 is 0 Å². The van der Waals surface area contributed by atoms with Crippen LogP contribution in [0.2, 0.25) is 0 Å². The summed E-state index contributed by atoms with van der Waals surface area (Å²) >= 11 is 3.17. The van der Waals surface area contributed by atoms with Crippen molar-refractivity contribution in [2.24, 2.45) is 22.7 Å².